The maximum absolute atomic E-state index is 12.3. The smallest absolute Gasteiger partial charge is 0.292 e. The van der Waals surface area contributed by atoms with Crippen molar-refractivity contribution in [3.8, 4) is 0 Å². The highest BCUT2D eigenvalue weighted by molar-refractivity contribution is 7.90. The van der Waals surface area contributed by atoms with Gasteiger partial charge in [-0.15, -0.1) is 0 Å². The molecule has 140 valence electrons. The number of rotatable bonds is 6. The van der Waals surface area contributed by atoms with E-state index >= 15 is 0 Å². The van der Waals surface area contributed by atoms with Gasteiger partial charge in [-0.25, -0.2) is 22.9 Å². The summed E-state index contributed by atoms with van der Waals surface area (Å²) in [5.41, 5.74) is 1.23. The van der Waals surface area contributed by atoms with Crippen LogP contribution in [-0.2, 0) is 16.4 Å². The number of sulfonamides is 1. The van der Waals surface area contributed by atoms with Crippen molar-refractivity contribution in [2.24, 2.45) is 0 Å². The first kappa shape index (κ1) is 19.6. The SMILES string of the molecule is CCCCc1c(C)nc(NC(=O)NS(=O)(=O)c2ccccc2C)[nH]c1=O. The van der Waals surface area contributed by atoms with Gasteiger partial charge in [0.1, 0.15) is 0 Å². The van der Waals surface area contributed by atoms with E-state index in [2.05, 4.69) is 15.3 Å². The highest BCUT2D eigenvalue weighted by Crippen LogP contribution is 2.14. The Morgan fingerprint density at radius 2 is 1.92 bits per heavy atom. The average molecular weight is 378 g/mol. The van der Waals surface area contributed by atoms with E-state index in [1.54, 1.807) is 32.0 Å². The summed E-state index contributed by atoms with van der Waals surface area (Å²) in [6, 6.07) is 5.29. The third kappa shape index (κ3) is 4.69. The Kier molecular flexibility index (Phi) is 6.14. The molecule has 0 spiro atoms. The van der Waals surface area contributed by atoms with Gasteiger partial charge < -0.3 is 0 Å². The molecule has 0 aliphatic carbocycles. The molecule has 26 heavy (non-hydrogen) atoms. The summed E-state index contributed by atoms with van der Waals surface area (Å²) in [6.45, 7) is 5.32. The molecule has 0 saturated carbocycles. The van der Waals surface area contributed by atoms with Crippen LogP contribution in [0.15, 0.2) is 34.0 Å². The van der Waals surface area contributed by atoms with E-state index in [1.807, 2.05) is 11.6 Å². The minimum Gasteiger partial charge on any atom is -0.292 e. The zero-order valence-electron chi connectivity index (χ0n) is 14.9. The Hall–Kier alpha value is -2.68. The van der Waals surface area contributed by atoms with Crippen molar-refractivity contribution in [1.29, 1.82) is 0 Å². The number of anilines is 1. The topological polar surface area (TPSA) is 121 Å². The number of carbonyl (C=O) groups excluding carboxylic acids is 1. The van der Waals surface area contributed by atoms with Crippen molar-refractivity contribution >= 4 is 22.0 Å². The normalized spacial score (nSPS) is 11.2. The fourth-order valence-corrected chi connectivity index (χ4v) is 3.64. The number of urea groups is 1. The third-order valence-electron chi connectivity index (χ3n) is 3.84. The zero-order chi connectivity index (χ0) is 19.3. The van der Waals surface area contributed by atoms with E-state index < -0.39 is 16.1 Å². The van der Waals surface area contributed by atoms with Gasteiger partial charge in [0.15, 0.2) is 0 Å². The standard InChI is InChI=1S/C17H22N4O4S/c1-4-5-9-13-12(3)18-16(19-15(13)22)20-17(23)21-26(24,25)14-10-7-6-8-11(14)2/h6-8,10H,4-5,9H2,1-3H3,(H3,18,19,20,21,22,23). The highest BCUT2D eigenvalue weighted by atomic mass is 32.2. The molecule has 3 N–H and O–H groups in total. The number of aromatic nitrogens is 2. The molecule has 2 amide bonds. The molecule has 0 saturated heterocycles. The van der Waals surface area contributed by atoms with Crippen LogP contribution in [0.4, 0.5) is 10.7 Å². The number of aromatic amines is 1. The number of benzene rings is 1. The number of hydrogen-bond acceptors (Lipinski definition) is 5. The Bertz CT molecular complexity index is 967. The number of aryl methyl sites for hydroxylation is 2. The molecule has 1 aromatic carbocycles. The van der Waals surface area contributed by atoms with Crippen molar-refractivity contribution in [1.82, 2.24) is 14.7 Å². The van der Waals surface area contributed by atoms with Crippen molar-refractivity contribution < 1.29 is 13.2 Å². The Morgan fingerprint density at radius 1 is 1.23 bits per heavy atom. The lowest BCUT2D eigenvalue weighted by atomic mass is 10.1. The third-order valence-corrected chi connectivity index (χ3v) is 5.34. The summed E-state index contributed by atoms with van der Waals surface area (Å²) in [6.07, 6.45) is 2.39. The van der Waals surface area contributed by atoms with E-state index in [9.17, 15) is 18.0 Å². The van der Waals surface area contributed by atoms with Crippen LogP contribution in [0.5, 0.6) is 0 Å². The highest BCUT2D eigenvalue weighted by Gasteiger charge is 2.20. The molecule has 0 aliphatic rings. The summed E-state index contributed by atoms with van der Waals surface area (Å²) in [7, 11) is -4.03. The average Bonchev–Trinajstić information content (AvgIpc) is 2.53. The van der Waals surface area contributed by atoms with Crippen LogP contribution in [0.25, 0.3) is 0 Å². The van der Waals surface area contributed by atoms with Crippen LogP contribution in [0.3, 0.4) is 0 Å². The van der Waals surface area contributed by atoms with Crippen molar-refractivity contribution in [2.75, 3.05) is 5.32 Å². The second-order valence-corrected chi connectivity index (χ2v) is 7.56. The molecular formula is C17H22N4O4S. The number of amides is 2. The molecule has 0 radical (unpaired) electrons. The summed E-state index contributed by atoms with van der Waals surface area (Å²) in [5.74, 6) is -0.106. The molecule has 8 nitrogen and oxygen atoms in total. The van der Waals surface area contributed by atoms with Gasteiger partial charge in [-0.1, -0.05) is 31.5 Å². The first-order valence-electron chi connectivity index (χ1n) is 8.24. The largest absolute Gasteiger partial charge is 0.335 e. The number of hydrogen-bond donors (Lipinski definition) is 3. The quantitative estimate of drug-likeness (QED) is 0.712. The molecule has 9 heteroatoms. The Labute approximate surface area is 152 Å². The van der Waals surface area contributed by atoms with Gasteiger partial charge in [0.05, 0.1) is 4.90 Å². The molecule has 1 heterocycles. The number of carbonyl (C=O) groups is 1. The maximum atomic E-state index is 12.3. The second kappa shape index (κ2) is 8.13. The number of nitrogens with one attached hydrogen (secondary N) is 3. The summed E-state index contributed by atoms with van der Waals surface area (Å²) in [4.78, 5) is 30.7. The van der Waals surface area contributed by atoms with Crippen molar-refractivity contribution in [3.63, 3.8) is 0 Å². The fraction of sp³-hybridized carbons (Fsp3) is 0.353. The van der Waals surface area contributed by atoms with Gasteiger partial charge in [-0.05, 0) is 38.3 Å². The summed E-state index contributed by atoms with van der Waals surface area (Å²) < 4.78 is 26.5. The molecule has 2 aromatic rings. The minimum atomic E-state index is -4.03. The molecule has 1 aromatic heterocycles. The molecule has 2 rings (SSSR count). The van der Waals surface area contributed by atoms with Gasteiger partial charge >= 0.3 is 6.03 Å². The van der Waals surface area contributed by atoms with Crippen molar-refractivity contribution in [2.45, 2.75) is 44.9 Å². The van der Waals surface area contributed by atoms with E-state index in [1.165, 1.54) is 6.07 Å². The fourth-order valence-electron chi connectivity index (χ4n) is 2.49. The summed E-state index contributed by atoms with van der Waals surface area (Å²) >= 11 is 0. The molecule has 0 bridgehead atoms. The Morgan fingerprint density at radius 3 is 2.54 bits per heavy atom. The number of H-pyrrole nitrogens is 1. The predicted molar refractivity (Wildman–Crippen MR) is 98.7 cm³/mol. The van der Waals surface area contributed by atoms with E-state index in [4.69, 9.17) is 0 Å². The second-order valence-electron chi connectivity index (χ2n) is 5.91. The molecule has 0 unspecified atom stereocenters. The number of unbranched alkanes of at least 4 members (excludes halogenated alkanes) is 1. The molecule has 0 fully saturated rings. The van der Waals surface area contributed by atoms with E-state index in [0.717, 1.165) is 12.8 Å². The van der Waals surface area contributed by atoms with Crippen LogP contribution in [-0.4, -0.2) is 24.4 Å². The zero-order valence-corrected chi connectivity index (χ0v) is 15.7. The van der Waals surface area contributed by atoms with E-state index in [-0.39, 0.29) is 16.4 Å². The van der Waals surface area contributed by atoms with Gasteiger partial charge in [-0.2, -0.15) is 0 Å². The van der Waals surface area contributed by atoms with Crippen LogP contribution in [0.1, 0.15) is 36.6 Å². The lowest BCUT2D eigenvalue weighted by Crippen LogP contribution is -2.36. The Balaban J connectivity index is 2.15. The first-order chi connectivity index (χ1) is 12.2. The maximum Gasteiger partial charge on any atom is 0.335 e. The van der Waals surface area contributed by atoms with Gasteiger partial charge in [-0.3, -0.25) is 15.1 Å². The lowest BCUT2D eigenvalue weighted by molar-refractivity contribution is 0.256. The molecular weight excluding hydrogens is 356 g/mol. The summed E-state index contributed by atoms with van der Waals surface area (Å²) in [5, 5.41) is 2.26. The van der Waals surface area contributed by atoms with E-state index in [0.29, 0.717) is 23.2 Å². The van der Waals surface area contributed by atoms with Crippen LogP contribution in [0, 0.1) is 13.8 Å². The first-order valence-corrected chi connectivity index (χ1v) is 9.72. The number of nitrogens with zero attached hydrogens (tertiary/aromatic N) is 1. The van der Waals surface area contributed by atoms with Crippen LogP contribution in [0.2, 0.25) is 0 Å². The van der Waals surface area contributed by atoms with Gasteiger partial charge in [0.25, 0.3) is 15.6 Å². The molecule has 0 atom stereocenters. The lowest BCUT2D eigenvalue weighted by Gasteiger charge is -2.11. The van der Waals surface area contributed by atoms with Gasteiger partial charge in [0, 0.05) is 11.3 Å². The minimum absolute atomic E-state index is 0.00250. The van der Waals surface area contributed by atoms with Crippen molar-refractivity contribution in [3.05, 3.63) is 51.4 Å². The van der Waals surface area contributed by atoms with Gasteiger partial charge in [0.2, 0.25) is 5.95 Å². The monoisotopic (exact) mass is 378 g/mol. The van der Waals surface area contributed by atoms with Crippen LogP contribution < -0.4 is 15.6 Å². The van der Waals surface area contributed by atoms with Crippen LogP contribution >= 0.6 is 0 Å². The molecule has 0 aliphatic heterocycles. The predicted octanol–water partition coefficient (Wildman–Crippen LogP) is 2.24.